The summed E-state index contributed by atoms with van der Waals surface area (Å²) in [5.41, 5.74) is 3.81. The van der Waals surface area contributed by atoms with E-state index in [0.29, 0.717) is 17.9 Å². The molecule has 4 rings (SSSR count). The number of anilines is 1. The molecule has 6 nitrogen and oxygen atoms in total. The molecule has 1 N–H and O–H groups in total. The first-order chi connectivity index (χ1) is 13.2. The van der Waals surface area contributed by atoms with Crippen molar-refractivity contribution in [3.05, 3.63) is 40.8 Å². The minimum atomic E-state index is 0.574. The lowest BCUT2D eigenvalue weighted by Gasteiger charge is -2.33. The fraction of sp³-hybridized carbons (Fsp3) is 0.571. The van der Waals surface area contributed by atoms with Crippen LogP contribution < -0.4 is 5.32 Å². The van der Waals surface area contributed by atoms with Gasteiger partial charge in [-0.3, -0.25) is 9.58 Å². The average molecular weight is 364 g/mol. The molecule has 0 atom stereocenters. The molecule has 0 unspecified atom stereocenters. The van der Waals surface area contributed by atoms with E-state index in [2.05, 4.69) is 32.0 Å². The Morgan fingerprint density at radius 1 is 1.19 bits per heavy atom. The molecule has 3 heterocycles. The maximum Gasteiger partial charge on any atom is 0.144 e. The summed E-state index contributed by atoms with van der Waals surface area (Å²) in [6, 6.07) is 8.84. The fourth-order valence-corrected chi connectivity index (χ4v) is 4.35. The maximum absolute atomic E-state index is 9.27. The van der Waals surface area contributed by atoms with E-state index in [1.807, 2.05) is 19.1 Å². The fourth-order valence-electron chi connectivity index (χ4n) is 4.35. The Bertz CT molecular complexity index is 828. The standard InChI is InChI=1S/C21H28N6/c1-16-8-9-17(13-22)21(24-16)23-14-18-12-20-15-26(10-5-11-27(20)25-18)19-6-3-2-4-7-19/h8-9,12,19H,2-7,10-11,14-15H2,1H3,(H,23,24). The van der Waals surface area contributed by atoms with Gasteiger partial charge in [0.1, 0.15) is 11.9 Å². The number of nitrogens with zero attached hydrogens (tertiary/aromatic N) is 5. The van der Waals surface area contributed by atoms with Crippen LogP contribution >= 0.6 is 0 Å². The highest BCUT2D eigenvalue weighted by Crippen LogP contribution is 2.26. The second-order valence-electron chi connectivity index (χ2n) is 7.78. The third-order valence-corrected chi connectivity index (χ3v) is 5.78. The maximum atomic E-state index is 9.27. The topological polar surface area (TPSA) is 69.8 Å². The molecule has 0 spiro atoms. The molecule has 1 fully saturated rings. The third-order valence-electron chi connectivity index (χ3n) is 5.78. The van der Waals surface area contributed by atoms with Crippen LogP contribution in [0.2, 0.25) is 0 Å². The molecule has 2 aromatic heterocycles. The van der Waals surface area contributed by atoms with Crippen LogP contribution in [0.3, 0.4) is 0 Å². The lowest BCUT2D eigenvalue weighted by molar-refractivity contribution is 0.150. The normalized spacial score (nSPS) is 18.5. The van der Waals surface area contributed by atoms with Crippen molar-refractivity contribution in [2.75, 3.05) is 11.9 Å². The van der Waals surface area contributed by atoms with Crippen molar-refractivity contribution < 1.29 is 0 Å². The zero-order valence-corrected chi connectivity index (χ0v) is 16.1. The van der Waals surface area contributed by atoms with E-state index >= 15 is 0 Å². The Hall–Kier alpha value is -2.39. The summed E-state index contributed by atoms with van der Waals surface area (Å²) >= 11 is 0. The van der Waals surface area contributed by atoms with Crippen LogP contribution in [0.15, 0.2) is 18.2 Å². The molecular formula is C21H28N6. The minimum absolute atomic E-state index is 0.574. The third kappa shape index (κ3) is 4.14. The Morgan fingerprint density at radius 2 is 2.04 bits per heavy atom. The van der Waals surface area contributed by atoms with Gasteiger partial charge in [-0.1, -0.05) is 19.3 Å². The largest absolute Gasteiger partial charge is 0.363 e. The van der Waals surface area contributed by atoms with Crippen LogP contribution in [0.5, 0.6) is 0 Å². The first-order valence-corrected chi connectivity index (χ1v) is 10.1. The van der Waals surface area contributed by atoms with E-state index in [4.69, 9.17) is 5.10 Å². The summed E-state index contributed by atoms with van der Waals surface area (Å²) in [5.74, 6) is 0.643. The van der Waals surface area contributed by atoms with Gasteiger partial charge in [0, 0.05) is 31.4 Å². The Balaban J connectivity index is 1.45. The van der Waals surface area contributed by atoms with E-state index in [1.54, 1.807) is 0 Å². The van der Waals surface area contributed by atoms with E-state index in [1.165, 1.54) is 44.3 Å². The number of nitriles is 1. The van der Waals surface area contributed by atoms with Crippen molar-refractivity contribution in [1.82, 2.24) is 19.7 Å². The quantitative estimate of drug-likeness (QED) is 0.897. The molecule has 1 aliphatic carbocycles. The predicted molar refractivity (Wildman–Crippen MR) is 105 cm³/mol. The number of aromatic nitrogens is 3. The van der Waals surface area contributed by atoms with Gasteiger partial charge in [0.2, 0.25) is 0 Å². The van der Waals surface area contributed by atoms with Crippen molar-refractivity contribution in [1.29, 1.82) is 5.26 Å². The molecule has 0 amide bonds. The number of hydrogen-bond acceptors (Lipinski definition) is 5. The molecule has 2 aliphatic rings. The Labute approximate surface area is 161 Å². The number of aryl methyl sites for hydroxylation is 2. The van der Waals surface area contributed by atoms with Crippen LogP contribution in [0.4, 0.5) is 5.82 Å². The monoisotopic (exact) mass is 364 g/mol. The summed E-state index contributed by atoms with van der Waals surface area (Å²) < 4.78 is 2.18. The predicted octanol–water partition coefficient (Wildman–Crippen LogP) is 3.61. The van der Waals surface area contributed by atoms with Crippen molar-refractivity contribution in [3.63, 3.8) is 0 Å². The molecule has 142 valence electrons. The molecule has 0 bridgehead atoms. The van der Waals surface area contributed by atoms with E-state index in [9.17, 15) is 5.26 Å². The van der Waals surface area contributed by atoms with Crippen molar-refractivity contribution in [2.45, 2.75) is 71.1 Å². The summed E-state index contributed by atoms with van der Waals surface area (Å²) in [5, 5.41) is 17.4. The average Bonchev–Trinajstić information content (AvgIpc) is 2.97. The van der Waals surface area contributed by atoms with Crippen LogP contribution in [0.25, 0.3) is 0 Å². The number of pyridine rings is 1. The SMILES string of the molecule is Cc1ccc(C#N)c(NCc2cc3n(n2)CCCN(C2CCCCC2)C3)n1. The van der Waals surface area contributed by atoms with Crippen LogP contribution in [-0.4, -0.2) is 32.3 Å². The number of rotatable bonds is 4. The van der Waals surface area contributed by atoms with Crippen molar-refractivity contribution in [2.24, 2.45) is 0 Å². The van der Waals surface area contributed by atoms with Gasteiger partial charge in [-0.25, -0.2) is 4.98 Å². The van der Waals surface area contributed by atoms with Gasteiger partial charge in [0.05, 0.1) is 23.5 Å². The highest BCUT2D eigenvalue weighted by Gasteiger charge is 2.24. The minimum Gasteiger partial charge on any atom is -0.363 e. The number of fused-ring (bicyclic) bond motifs is 1. The molecule has 27 heavy (non-hydrogen) atoms. The Morgan fingerprint density at radius 3 is 2.85 bits per heavy atom. The molecule has 6 heteroatoms. The second kappa shape index (κ2) is 8.10. The Kier molecular flexibility index (Phi) is 5.40. The lowest BCUT2D eigenvalue weighted by Crippen LogP contribution is -2.36. The van der Waals surface area contributed by atoms with Gasteiger partial charge < -0.3 is 5.32 Å². The first kappa shape index (κ1) is 18.0. The van der Waals surface area contributed by atoms with E-state index in [-0.39, 0.29) is 0 Å². The zero-order valence-electron chi connectivity index (χ0n) is 16.1. The van der Waals surface area contributed by atoms with Gasteiger partial charge in [0.15, 0.2) is 0 Å². The van der Waals surface area contributed by atoms with Gasteiger partial charge in [-0.05, 0) is 44.4 Å². The number of hydrogen-bond donors (Lipinski definition) is 1. The van der Waals surface area contributed by atoms with E-state index < -0.39 is 0 Å². The van der Waals surface area contributed by atoms with Crippen LogP contribution in [-0.2, 0) is 19.6 Å². The van der Waals surface area contributed by atoms with Crippen LogP contribution in [0, 0.1) is 18.3 Å². The molecule has 1 aliphatic heterocycles. The molecular weight excluding hydrogens is 336 g/mol. The molecule has 2 aromatic rings. The first-order valence-electron chi connectivity index (χ1n) is 10.1. The zero-order chi connectivity index (χ0) is 18.6. The van der Waals surface area contributed by atoms with Crippen molar-refractivity contribution >= 4 is 5.82 Å². The van der Waals surface area contributed by atoms with Crippen molar-refractivity contribution in [3.8, 4) is 6.07 Å². The summed E-state index contributed by atoms with van der Waals surface area (Å²) in [6.07, 6.45) is 8.00. The van der Waals surface area contributed by atoms with Gasteiger partial charge in [0.25, 0.3) is 0 Å². The summed E-state index contributed by atoms with van der Waals surface area (Å²) in [7, 11) is 0. The highest BCUT2D eigenvalue weighted by atomic mass is 15.3. The van der Waals surface area contributed by atoms with Gasteiger partial charge in [-0.2, -0.15) is 10.4 Å². The molecule has 1 saturated carbocycles. The highest BCUT2D eigenvalue weighted by molar-refractivity contribution is 5.52. The lowest BCUT2D eigenvalue weighted by atomic mass is 9.94. The summed E-state index contributed by atoms with van der Waals surface area (Å²) in [4.78, 5) is 7.13. The van der Waals surface area contributed by atoms with E-state index in [0.717, 1.165) is 36.9 Å². The molecule has 0 aromatic carbocycles. The van der Waals surface area contributed by atoms with Gasteiger partial charge in [-0.15, -0.1) is 0 Å². The summed E-state index contributed by atoms with van der Waals surface area (Å²) in [6.45, 7) is 5.70. The molecule has 0 radical (unpaired) electrons. The van der Waals surface area contributed by atoms with Gasteiger partial charge >= 0.3 is 0 Å². The second-order valence-corrected chi connectivity index (χ2v) is 7.78. The smallest absolute Gasteiger partial charge is 0.144 e. The van der Waals surface area contributed by atoms with Crippen LogP contribution in [0.1, 0.15) is 61.2 Å². The molecule has 0 saturated heterocycles. The number of nitrogens with one attached hydrogen (secondary N) is 1.